The van der Waals surface area contributed by atoms with Crippen molar-refractivity contribution in [3.63, 3.8) is 0 Å². The normalized spacial score (nSPS) is 14.7. The first kappa shape index (κ1) is 10.5. The van der Waals surface area contributed by atoms with Crippen LogP contribution in [0.5, 0.6) is 0 Å². The van der Waals surface area contributed by atoms with E-state index in [1.165, 1.54) is 0 Å². The minimum atomic E-state index is -0.910. The number of carboxylic acid groups (broad SMARTS) is 1. The van der Waals surface area contributed by atoms with Crippen molar-refractivity contribution < 1.29 is 9.90 Å². The third kappa shape index (κ3) is 2.47. The summed E-state index contributed by atoms with van der Waals surface area (Å²) in [6, 6.07) is 6.92. The minimum absolute atomic E-state index is 0.100. The highest BCUT2D eigenvalue weighted by molar-refractivity contribution is 5.68. The fourth-order valence-electron chi connectivity index (χ4n) is 1.28. The summed E-state index contributed by atoms with van der Waals surface area (Å²) < 4.78 is 0. The Bertz CT molecular complexity index is 330. The van der Waals surface area contributed by atoms with Gasteiger partial charge in [0.15, 0.2) is 0 Å². The van der Waals surface area contributed by atoms with Crippen molar-refractivity contribution >= 4 is 11.7 Å². The first-order chi connectivity index (χ1) is 6.42. The molecule has 5 N–H and O–H groups in total. The molecule has 0 saturated heterocycles. The van der Waals surface area contributed by atoms with Crippen molar-refractivity contribution in [3.05, 3.63) is 29.8 Å². The summed E-state index contributed by atoms with van der Waals surface area (Å²) in [5, 5.41) is 8.66. The van der Waals surface area contributed by atoms with Crippen LogP contribution in [-0.4, -0.2) is 11.1 Å². The van der Waals surface area contributed by atoms with Gasteiger partial charge in [-0.15, -0.1) is 0 Å². The van der Waals surface area contributed by atoms with Gasteiger partial charge in [0.1, 0.15) is 0 Å². The molecule has 1 aromatic carbocycles. The molecule has 1 atom stereocenters. The van der Waals surface area contributed by atoms with E-state index in [2.05, 4.69) is 0 Å². The summed E-state index contributed by atoms with van der Waals surface area (Å²) in [5.74, 6) is -0.910. The van der Waals surface area contributed by atoms with E-state index in [-0.39, 0.29) is 6.42 Å². The van der Waals surface area contributed by atoms with Crippen LogP contribution < -0.4 is 11.5 Å². The van der Waals surface area contributed by atoms with E-state index in [1.807, 2.05) is 0 Å². The van der Waals surface area contributed by atoms with Gasteiger partial charge < -0.3 is 16.6 Å². The van der Waals surface area contributed by atoms with Crippen LogP contribution in [0.2, 0.25) is 0 Å². The molecule has 0 saturated carbocycles. The Kier molecular flexibility index (Phi) is 2.76. The predicted molar refractivity (Wildman–Crippen MR) is 54.6 cm³/mol. The number of carbonyl (C=O) groups is 1. The maximum absolute atomic E-state index is 10.6. The second-order valence-electron chi connectivity index (χ2n) is 3.61. The molecule has 0 fully saturated rings. The summed E-state index contributed by atoms with van der Waals surface area (Å²) in [7, 11) is 0. The van der Waals surface area contributed by atoms with E-state index in [0.29, 0.717) is 5.69 Å². The number of hydrogen-bond acceptors (Lipinski definition) is 3. The first-order valence-corrected chi connectivity index (χ1v) is 4.28. The summed E-state index contributed by atoms with van der Waals surface area (Å²) in [6.45, 7) is 1.69. The minimum Gasteiger partial charge on any atom is -0.481 e. The van der Waals surface area contributed by atoms with Crippen molar-refractivity contribution in [2.45, 2.75) is 18.9 Å². The third-order valence-electron chi connectivity index (χ3n) is 2.09. The van der Waals surface area contributed by atoms with Crippen LogP contribution in [0.4, 0.5) is 5.69 Å². The SMILES string of the molecule is C[C@@](N)(CC(=O)O)c1ccc(N)cc1. The van der Waals surface area contributed by atoms with E-state index in [0.717, 1.165) is 5.56 Å². The smallest absolute Gasteiger partial charge is 0.305 e. The monoisotopic (exact) mass is 194 g/mol. The van der Waals surface area contributed by atoms with Crippen molar-refractivity contribution in [1.29, 1.82) is 0 Å². The lowest BCUT2D eigenvalue weighted by atomic mass is 9.90. The molecule has 1 rings (SSSR count). The predicted octanol–water partition coefficient (Wildman–Crippen LogP) is 0.917. The van der Waals surface area contributed by atoms with Gasteiger partial charge in [-0.2, -0.15) is 0 Å². The van der Waals surface area contributed by atoms with Crippen molar-refractivity contribution in [3.8, 4) is 0 Å². The van der Waals surface area contributed by atoms with E-state index < -0.39 is 11.5 Å². The third-order valence-corrected chi connectivity index (χ3v) is 2.09. The molecule has 4 heteroatoms. The molecule has 0 unspecified atom stereocenters. The fraction of sp³-hybridized carbons (Fsp3) is 0.300. The van der Waals surface area contributed by atoms with Gasteiger partial charge >= 0.3 is 5.97 Å². The van der Waals surface area contributed by atoms with E-state index >= 15 is 0 Å². The number of anilines is 1. The summed E-state index contributed by atoms with van der Waals surface area (Å²) in [6.07, 6.45) is -0.100. The molecule has 0 radical (unpaired) electrons. The molecule has 76 valence electrons. The first-order valence-electron chi connectivity index (χ1n) is 4.28. The lowest BCUT2D eigenvalue weighted by molar-refractivity contribution is -0.138. The number of rotatable bonds is 3. The molecule has 0 aliphatic rings. The topological polar surface area (TPSA) is 89.3 Å². The van der Waals surface area contributed by atoms with Gasteiger partial charge in [-0.3, -0.25) is 4.79 Å². The van der Waals surface area contributed by atoms with Crippen molar-refractivity contribution in [2.75, 3.05) is 5.73 Å². The number of aliphatic carboxylic acids is 1. The Morgan fingerprint density at radius 2 is 1.93 bits per heavy atom. The summed E-state index contributed by atoms with van der Waals surface area (Å²) >= 11 is 0. The highest BCUT2D eigenvalue weighted by Crippen LogP contribution is 2.22. The van der Waals surface area contributed by atoms with Crippen LogP contribution in [0.15, 0.2) is 24.3 Å². The van der Waals surface area contributed by atoms with E-state index in [9.17, 15) is 4.79 Å². The average Bonchev–Trinajstić information content (AvgIpc) is 2.02. The number of nitrogen functional groups attached to an aromatic ring is 1. The Labute approximate surface area is 82.5 Å². The molecule has 4 nitrogen and oxygen atoms in total. The molecule has 0 amide bonds. The number of carboxylic acids is 1. The van der Waals surface area contributed by atoms with Gasteiger partial charge in [0, 0.05) is 11.2 Å². The van der Waals surface area contributed by atoms with Gasteiger partial charge in [0.05, 0.1) is 6.42 Å². The second-order valence-corrected chi connectivity index (χ2v) is 3.61. The molecule has 0 spiro atoms. The molecule has 0 bridgehead atoms. The van der Waals surface area contributed by atoms with Crippen LogP contribution in [0.1, 0.15) is 18.9 Å². The molecule has 0 aliphatic carbocycles. The van der Waals surface area contributed by atoms with Crippen LogP contribution in [0.3, 0.4) is 0 Å². The quantitative estimate of drug-likeness (QED) is 0.624. The van der Waals surface area contributed by atoms with E-state index in [4.69, 9.17) is 16.6 Å². The largest absolute Gasteiger partial charge is 0.481 e. The lowest BCUT2D eigenvalue weighted by Gasteiger charge is -2.23. The molecule has 0 aliphatic heterocycles. The number of benzene rings is 1. The zero-order valence-electron chi connectivity index (χ0n) is 8.03. The van der Waals surface area contributed by atoms with Gasteiger partial charge in [-0.05, 0) is 24.6 Å². The van der Waals surface area contributed by atoms with Crippen LogP contribution >= 0.6 is 0 Å². The van der Waals surface area contributed by atoms with Crippen LogP contribution in [0, 0.1) is 0 Å². The fourth-order valence-corrected chi connectivity index (χ4v) is 1.28. The zero-order chi connectivity index (χ0) is 10.8. The standard InChI is InChI=1S/C10H14N2O2/c1-10(12,6-9(13)14)7-2-4-8(11)5-3-7/h2-5H,6,11-12H2,1H3,(H,13,14)/t10-/m1/s1. The molecule has 0 aromatic heterocycles. The van der Waals surface area contributed by atoms with Crippen molar-refractivity contribution in [2.24, 2.45) is 5.73 Å². The van der Waals surface area contributed by atoms with Gasteiger partial charge in [-0.25, -0.2) is 0 Å². The van der Waals surface area contributed by atoms with Crippen molar-refractivity contribution in [1.82, 2.24) is 0 Å². The molecule has 14 heavy (non-hydrogen) atoms. The molecule has 0 heterocycles. The Morgan fingerprint density at radius 3 is 2.36 bits per heavy atom. The van der Waals surface area contributed by atoms with Gasteiger partial charge in [0.25, 0.3) is 0 Å². The zero-order valence-corrected chi connectivity index (χ0v) is 8.03. The average molecular weight is 194 g/mol. The maximum atomic E-state index is 10.6. The molecular weight excluding hydrogens is 180 g/mol. The molecule has 1 aromatic rings. The van der Waals surface area contributed by atoms with Crippen LogP contribution in [0.25, 0.3) is 0 Å². The Morgan fingerprint density at radius 1 is 1.43 bits per heavy atom. The highest BCUT2D eigenvalue weighted by atomic mass is 16.4. The van der Waals surface area contributed by atoms with Gasteiger partial charge in [0.2, 0.25) is 0 Å². The molecular formula is C10H14N2O2. The lowest BCUT2D eigenvalue weighted by Crippen LogP contribution is -2.35. The highest BCUT2D eigenvalue weighted by Gasteiger charge is 2.24. The Balaban J connectivity index is 2.91. The van der Waals surface area contributed by atoms with Crippen LogP contribution in [-0.2, 0) is 10.3 Å². The second kappa shape index (κ2) is 3.67. The number of nitrogens with two attached hydrogens (primary N) is 2. The summed E-state index contributed by atoms with van der Waals surface area (Å²) in [4.78, 5) is 10.6. The Hall–Kier alpha value is -1.55. The summed E-state index contributed by atoms with van der Waals surface area (Å²) in [5.41, 5.74) is 11.9. The van der Waals surface area contributed by atoms with Gasteiger partial charge in [-0.1, -0.05) is 12.1 Å². The maximum Gasteiger partial charge on any atom is 0.305 e. The number of hydrogen-bond donors (Lipinski definition) is 3. The van der Waals surface area contributed by atoms with E-state index in [1.54, 1.807) is 31.2 Å².